The molecule has 60 heavy (non-hydrogen) atoms. The Morgan fingerprint density at radius 1 is 1.05 bits per heavy atom. The number of unbranched alkanes of at least 4 members (excludes halogenated alkanes) is 2. The molecule has 1 heterocycles. The molecule has 0 bridgehead atoms. The first-order valence-electron chi connectivity index (χ1n) is 20.9. The summed E-state index contributed by atoms with van der Waals surface area (Å²) in [6.45, 7) is 7.02. The van der Waals surface area contributed by atoms with Gasteiger partial charge in [-0.1, -0.05) is 55.3 Å². The topological polar surface area (TPSA) is 162 Å². The van der Waals surface area contributed by atoms with E-state index in [1.165, 1.54) is 36.3 Å². The lowest BCUT2D eigenvalue weighted by Crippen LogP contribution is -2.70. The van der Waals surface area contributed by atoms with Crippen LogP contribution in [-0.4, -0.2) is 89.5 Å². The third-order valence-corrected chi connectivity index (χ3v) is 12.5. The number of allylic oxidation sites excluding steroid dienone is 1. The molecule has 6 rings (SSSR count). The lowest BCUT2D eigenvalue weighted by Gasteiger charge is -2.59. The van der Waals surface area contributed by atoms with Crippen LogP contribution < -0.4 is 14.2 Å². The van der Waals surface area contributed by atoms with E-state index in [0.717, 1.165) is 42.6 Å². The fourth-order valence-corrected chi connectivity index (χ4v) is 9.85. The molecule has 1 fully saturated rings. The second-order valence-electron chi connectivity index (χ2n) is 15.3. The van der Waals surface area contributed by atoms with Crippen molar-refractivity contribution in [2.45, 2.75) is 80.9 Å². The number of amides is 1. The van der Waals surface area contributed by atoms with Crippen LogP contribution in [0, 0.1) is 27.9 Å². The van der Waals surface area contributed by atoms with Gasteiger partial charge in [0.15, 0.2) is 0 Å². The lowest BCUT2D eigenvalue weighted by atomic mass is 9.55. The van der Waals surface area contributed by atoms with Crippen molar-refractivity contribution in [3.8, 4) is 17.2 Å². The van der Waals surface area contributed by atoms with E-state index in [2.05, 4.69) is 36.0 Å². The average Bonchev–Trinajstić information content (AvgIpc) is 3.26. The number of hydrogen-bond donors (Lipinski definition) is 2. The first-order valence-corrected chi connectivity index (χ1v) is 21.9. The summed E-state index contributed by atoms with van der Waals surface area (Å²) in [7, 11) is 1.51. The van der Waals surface area contributed by atoms with Crippen LogP contribution in [0.15, 0.2) is 107 Å². The first-order chi connectivity index (χ1) is 29.3. The van der Waals surface area contributed by atoms with Gasteiger partial charge in [-0.2, -0.15) is 0 Å². The van der Waals surface area contributed by atoms with Crippen molar-refractivity contribution in [2.24, 2.45) is 22.9 Å². The fourth-order valence-electron chi connectivity index (χ4n) is 9.09. The van der Waals surface area contributed by atoms with Crippen molar-refractivity contribution >= 4 is 29.3 Å². The van der Waals surface area contributed by atoms with E-state index >= 15 is 0 Å². The number of fused-ring (bicyclic) bond motifs is 2. The highest BCUT2D eigenvalue weighted by molar-refractivity contribution is 7.99. The lowest BCUT2D eigenvalue weighted by molar-refractivity contribution is -0.384. The number of benzene rings is 3. The van der Waals surface area contributed by atoms with E-state index in [4.69, 9.17) is 23.8 Å². The zero-order valence-corrected chi connectivity index (χ0v) is 35.3. The van der Waals surface area contributed by atoms with Gasteiger partial charge in [-0.15, -0.1) is 18.3 Å². The zero-order chi connectivity index (χ0) is 42.5. The zero-order valence-electron chi connectivity index (χ0n) is 34.5. The second-order valence-corrected chi connectivity index (χ2v) is 16.4. The van der Waals surface area contributed by atoms with Crippen molar-refractivity contribution < 1.29 is 43.7 Å². The van der Waals surface area contributed by atoms with Crippen LogP contribution in [0.2, 0.25) is 0 Å². The molecule has 0 unspecified atom stereocenters. The largest absolute Gasteiger partial charge is 0.493 e. The normalized spacial score (nSPS) is 23.4. The Labute approximate surface area is 356 Å². The summed E-state index contributed by atoms with van der Waals surface area (Å²) in [5.74, 6) is 0.233. The summed E-state index contributed by atoms with van der Waals surface area (Å²) in [4.78, 5) is 33.6. The van der Waals surface area contributed by atoms with Gasteiger partial charge >= 0.3 is 6.09 Å². The van der Waals surface area contributed by atoms with Gasteiger partial charge < -0.3 is 34.0 Å². The second kappa shape index (κ2) is 21.6. The Bertz CT molecular complexity index is 1960. The Hall–Kier alpha value is -4.89. The molecule has 0 radical (unpaired) electrons. The predicted octanol–water partition coefficient (Wildman–Crippen LogP) is 8.94. The molecule has 14 heteroatoms. The molecule has 3 aromatic rings. The van der Waals surface area contributed by atoms with Crippen molar-refractivity contribution in [2.75, 3.05) is 45.8 Å². The summed E-state index contributed by atoms with van der Waals surface area (Å²) in [5.41, 5.74) is 2.43. The summed E-state index contributed by atoms with van der Waals surface area (Å²) in [5, 5.41) is 35.7. The molecule has 0 spiro atoms. The Morgan fingerprint density at radius 2 is 1.78 bits per heavy atom. The molecule has 2 N–H and O–H groups in total. The quantitative estimate of drug-likeness (QED) is 0.0327. The minimum atomic E-state index is -1.45. The molecular weight excluding hydrogens is 787 g/mol. The van der Waals surface area contributed by atoms with Crippen molar-refractivity contribution in [3.05, 3.63) is 113 Å². The SMILES string of the molecule is C=CCO[C@@]12Oc3ccc(OCCSc4ccccc4)cc3[C@H]3[C@H](CCCCO)[C@@H](CCCCO)C=C(C(=NOC)C[C@@H]1N(CCC)C(=O)Oc1ccc([N+](=O)[O-])cc1)[C@H]32. The van der Waals surface area contributed by atoms with E-state index < -0.39 is 28.8 Å². The van der Waals surface area contributed by atoms with Gasteiger partial charge in [-0.3, -0.25) is 15.0 Å². The number of carbonyl (C=O) groups excluding carboxylic acids is 1. The summed E-state index contributed by atoms with van der Waals surface area (Å²) in [6.07, 6.45) is 8.64. The minimum absolute atomic E-state index is 0.0523. The molecule has 1 aliphatic heterocycles. The number of carbonyl (C=O) groups is 1. The van der Waals surface area contributed by atoms with E-state index in [0.29, 0.717) is 43.1 Å². The van der Waals surface area contributed by atoms with Crippen molar-refractivity contribution in [1.29, 1.82) is 0 Å². The number of aliphatic hydroxyl groups is 2. The molecule has 0 saturated heterocycles. The molecule has 3 aliphatic rings. The third-order valence-electron chi connectivity index (χ3n) is 11.5. The van der Waals surface area contributed by atoms with Gasteiger partial charge in [0.05, 0.1) is 29.8 Å². The number of aliphatic hydroxyl groups excluding tert-OH is 2. The number of rotatable bonds is 22. The third kappa shape index (κ3) is 10.2. The van der Waals surface area contributed by atoms with Gasteiger partial charge in [0.2, 0.25) is 5.79 Å². The maximum atomic E-state index is 14.5. The number of non-ortho nitro benzene ring substituents is 1. The first kappa shape index (κ1) is 44.7. The van der Waals surface area contributed by atoms with Gasteiger partial charge in [0.1, 0.15) is 30.4 Å². The summed E-state index contributed by atoms with van der Waals surface area (Å²) >= 11 is 1.73. The van der Waals surface area contributed by atoms with Gasteiger partial charge in [-0.05, 0) is 92.0 Å². The minimum Gasteiger partial charge on any atom is -0.493 e. The van der Waals surface area contributed by atoms with Crippen LogP contribution in [0.25, 0.3) is 0 Å². The Balaban J connectivity index is 1.47. The number of nitro benzene ring substituents is 1. The number of thioether (sulfide) groups is 1. The van der Waals surface area contributed by atoms with Gasteiger partial charge in [-0.25, -0.2) is 4.79 Å². The smallest absolute Gasteiger partial charge is 0.415 e. The van der Waals surface area contributed by atoms with Crippen molar-refractivity contribution in [3.63, 3.8) is 0 Å². The number of oxime groups is 1. The Morgan fingerprint density at radius 3 is 2.47 bits per heavy atom. The van der Waals surface area contributed by atoms with Crippen LogP contribution in [0.1, 0.15) is 69.8 Å². The number of nitro groups is 1. The summed E-state index contributed by atoms with van der Waals surface area (Å²) in [6, 6.07) is 20.8. The molecular formula is C46H57N3O10S. The van der Waals surface area contributed by atoms with Crippen LogP contribution in [-0.2, 0) is 9.57 Å². The molecule has 322 valence electrons. The molecule has 3 aromatic carbocycles. The number of nitrogens with zero attached hydrogens (tertiary/aromatic N) is 3. The molecule has 0 aromatic heterocycles. The van der Waals surface area contributed by atoms with Crippen LogP contribution in [0.3, 0.4) is 0 Å². The maximum absolute atomic E-state index is 14.5. The van der Waals surface area contributed by atoms with Crippen LogP contribution in [0.5, 0.6) is 17.2 Å². The van der Waals surface area contributed by atoms with Crippen LogP contribution in [0.4, 0.5) is 10.5 Å². The monoisotopic (exact) mass is 843 g/mol. The Kier molecular flexibility index (Phi) is 16.1. The van der Waals surface area contributed by atoms with E-state index in [9.17, 15) is 25.1 Å². The fraction of sp³-hybridized carbons (Fsp3) is 0.478. The predicted molar refractivity (Wildman–Crippen MR) is 231 cm³/mol. The van der Waals surface area contributed by atoms with E-state index in [-0.39, 0.29) is 62.0 Å². The highest BCUT2D eigenvalue weighted by atomic mass is 32.2. The molecule has 13 nitrogen and oxygen atoms in total. The van der Waals surface area contributed by atoms with Gasteiger partial charge in [0.25, 0.3) is 5.69 Å². The highest BCUT2D eigenvalue weighted by Crippen LogP contribution is 2.62. The molecule has 2 aliphatic carbocycles. The average molecular weight is 844 g/mol. The standard InChI is InChI=1S/C46H57N3O10S/c1-4-23-48(45(52)58-34-19-17-33(18-20-34)49(53)54)42-31-40(47-55-3)38-29-32(13-9-11-24-50)37(16-10-12-25-51)43-39-30-35(56-27-28-60-36-14-7-6-8-15-36)21-22-41(39)59-46(42,44(38)43)57-26-5-2/h5-8,14-15,17-22,29-30,32,37,42-44,50-51H,2,4,9-13,16,23-28,31H2,1,3H3/t32-,37+,42-,43+,44+,46+/m0/s1. The molecule has 6 atom stereocenters. The summed E-state index contributed by atoms with van der Waals surface area (Å²) < 4.78 is 26.6. The number of hydrogen-bond acceptors (Lipinski definition) is 12. The molecule has 1 amide bonds. The van der Waals surface area contributed by atoms with Gasteiger partial charge in [0, 0.05) is 60.4 Å². The highest BCUT2D eigenvalue weighted by Gasteiger charge is 2.65. The molecule has 1 saturated carbocycles. The van der Waals surface area contributed by atoms with E-state index in [1.54, 1.807) is 22.7 Å². The maximum Gasteiger partial charge on any atom is 0.415 e. The van der Waals surface area contributed by atoms with E-state index in [1.807, 2.05) is 37.3 Å². The van der Waals surface area contributed by atoms with Crippen molar-refractivity contribution in [1.82, 2.24) is 4.90 Å². The van der Waals surface area contributed by atoms with Crippen LogP contribution >= 0.6 is 11.8 Å². The number of ether oxygens (including phenoxy) is 4.